The Kier molecular flexibility index (Phi) is 5.74. The molecule has 1 N–H and O–H groups in total. The summed E-state index contributed by atoms with van der Waals surface area (Å²) in [6.07, 6.45) is 0.716. The predicted octanol–water partition coefficient (Wildman–Crippen LogP) is 5.23. The number of nitrogens with one attached hydrogen (secondary N) is 1. The number of hydrogen-bond donors (Lipinski definition) is 1. The number of fused-ring (bicyclic) bond motifs is 1. The van der Waals surface area contributed by atoms with Gasteiger partial charge in [0, 0.05) is 15.4 Å². The molecule has 0 saturated heterocycles. The number of carbonyl (C=O) groups is 1. The zero-order chi connectivity index (χ0) is 19.6. The Morgan fingerprint density at radius 3 is 2.74 bits per heavy atom. The molecule has 0 aliphatic carbocycles. The van der Waals surface area contributed by atoms with E-state index in [4.69, 9.17) is 16.3 Å². The quantitative estimate of drug-likeness (QED) is 0.551. The molecule has 142 valence electrons. The zero-order valence-electron chi connectivity index (χ0n) is 14.8. The second-order valence-corrected chi connectivity index (χ2v) is 9.34. The summed E-state index contributed by atoms with van der Waals surface area (Å²) in [7, 11) is -3.80. The summed E-state index contributed by atoms with van der Waals surface area (Å²) >= 11 is 7.20. The number of carbonyl (C=O) groups excluding carboxylic acids is 1. The first-order valence-corrected chi connectivity index (χ1v) is 11.0. The van der Waals surface area contributed by atoms with Gasteiger partial charge in [0.25, 0.3) is 10.0 Å². The van der Waals surface area contributed by atoms with Gasteiger partial charge < -0.3 is 4.74 Å². The van der Waals surface area contributed by atoms with Crippen molar-refractivity contribution in [3.05, 3.63) is 58.6 Å². The van der Waals surface area contributed by atoms with E-state index in [0.717, 1.165) is 10.1 Å². The monoisotopic (exact) mass is 423 g/mol. The fraction of sp³-hybridized carbons (Fsp3) is 0.211. The number of rotatable bonds is 6. The van der Waals surface area contributed by atoms with Crippen LogP contribution in [0, 0.1) is 6.92 Å². The van der Waals surface area contributed by atoms with Gasteiger partial charge in [0.1, 0.15) is 4.21 Å². The Balaban J connectivity index is 1.91. The number of halogens is 1. The number of aryl methyl sites for hydroxylation is 1. The van der Waals surface area contributed by atoms with E-state index in [1.807, 2.05) is 6.92 Å². The number of sulfonamides is 1. The lowest BCUT2D eigenvalue weighted by atomic mass is 10.2. The number of hydrogen-bond acceptors (Lipinski definition) is 5. The fourth-order valence-electron chi connectivity index (χ4n) is 2.62. The van der Waals surface area contributed by atoms with E-state index in [0.29, 0.717) is 34.9 Å². The minimum absolute atomic E-state index is 0.221. The van der Waals surface area contributed by atoms with Gasteiger partial charge >= 0.3 is 5.97 Å². The molecule has 0 saturated carbocycles. The molecule has 5 nitrogen and oxygen atoms in total. The standard InChI is InChI=1S/C19H18ClNO4S2/c1-3-9-25-18(22)13-5-4-6-15(10-13)21-27(23,24)19-12(2)16-11-14(20)7-8-17(16)26-19/h4-8,10-11,21H,3,9H2,1-2H3. The van der Waals surface area contributed by atoms with Crippen LogP contribution in [-0.2, 0) is 14.8 Å². The molecule has 27 heavy (non-hydrogen) atoms. The van der Waals surface area contributed by atoms with Crippen molar-refractivity contribution in [2.24, 2.45) is 0 Å². The van der Waals surface area contributed by atoms with Crippen molar-refractivity contribution < 1.29 is 17.9 Å². The molecule has 0 atom stereocenters. The maximum atomic E-state index is 12.9. The molecule has 0 aliphatic rings. The van der Waals surface area contributed by atoms with E-state index >= 15 is 0 Å². The summed E-state index contributed by atoms with van der Waals surface area (Å²) < 4.78 is 34.5. The van der Waals surface area contributed by atoms with Crippen LogP contribution in [0.3, 0.4) is 0 Å². The third-order valence-corrected chi connectivity index (χ3v) is 7.40. The highest BCUT2D eigenvalue weighted by Crippen LogP contribution is 2.36. The van der Waals surface area contributed by atoms with Gasteiger partial charge in [-0.2, -0.15) is 0 Å². The largest absolute Gasteiger partial charge is 0.462 e. The van der Waals surface area contributed by atoms with Gasteiger partial charge in [-0.05, 0) is 60.7 Å². The minimum Gasteiger partial charge on any atom is -0.462 e. The van der Waals surface area contributed by atoms with Crippen molar-refractivity contribution in [3.8, 4) is 0 Å². The van der Waals surface area contributed by atoms with Crippen LogP contribution >= 0.6 is 22.9 Å². The maximum absolute atomic E-state index is 12.9. The van der Waals surface area contributed by atoms with Gasteiger partial charge in [0.2, 0.25) is 0 Å². The molecule has 8 heteroatoms. The van der Waals surface area contributed by atoms with Gasteiger partial charge in [-0.1, -0.05) is 24.6 Å². The Morgan fingerprint density at radius 2 is 2.00 bits per heavy atom. The average molecular weight is 424 g/mol. The lowest BCUT2D eigenvalue weighted by Crippen LogP contribution is -2.13. The van der Waals surface area contributed by atoms with Gasteiger partial charge in [0.15, 0.2) is 0 Å². The summed E-state index contributed by atoms with van der Waals surface area (Å²) in [5, 5.41) is 1.36. The van der Waals surface area contributed by atoms with E-state index in [-0.39, 0.29) is 4.21 Å². The first-order chi connectivity index (χ1) is 12.8. The lowest BCUT2D eigenvalue weighted by molar-refractivity contribution is 0.0505. The Bertz CT molecular complexity index is 1110. The highest BCUT2D eigenvalue weighted by molar-refractivity contribution is 7.94. The van der Waals surface area contributed by atoms with Crippen LogP contribution in [0.5, 0.6) is 0 Å². The summed E-state index contributed by atoms with van der Waals surface area (Å²) in [5.74, 6) is -0.481. The zero-order valence-corrected chi connectivity index (χ0v) is 17.2. The molecule has 3 aromatic rings. The fourth-order valence-corrected chi connectivity index (χ4v) is 5.59. The molecule has 3 rings (SSSR count). The normalized spacial score (nSPS) is 11.5. The second kappa shape index (κ2) is 7.88. The number of anilines is 1. The molecule has 0 unspecified atom stereocenters. The minimum atomic E-state index is -3.80. The van der Waals surface area contributed by atoms with Gasteiger partial charge in [-0.3, -0.25) is 4.72 Å². The van der Waals surface area contributed by atoms with Crippen LogP contribution in [-0.4, -0.2) is 21.0 Å². The summed E-state index contributed by atoms with van der Waals surface area (Å²) in [4.78, 5) is 12.0. The molecule has 0 aliphatic heterocycles. The molecule has 0 fully saturated rings. The van der Waals surface area contributed by atoms with Crippen molar-refractivity contribution in [2.75, 3.05) is 11.3 Å². The summed E-state index contributed by atoms with van der Waals surface area (Å²) in [6, 6.07) is 11.5. The topological polar surface area (TPSA) is 72.5 Å². The van der Waals surface area contributed by atoms with Crippen molar-refractivity contribution >= 4 is 54.7 Å². The van der Waals surface area contributed by atoms with Gasteiger partial charge in [0.05, 0.1) is 12.2 Å². The van der Waals surface area contributed by atoms with Crippen molar-refractivity contribution in [1.82, 2.24) is 0 Å². The molecule has 0 amide bonds. The summed E-state index contributed by atoms with van der Waals surface area (Å²) in [5.41, 5.74) is 1.24. The number of benzene rings is 2. The second-order valence-electron chi connectivity index (χ2n) is 5.98. The van der Waals surface area contributed by atoms with E-state index in [1.165, 1.54) is 17.4 Å². The third kappa shape index (κ3) is 4.26. The highest BCUT2D eigenvalue weighted by Gasteiger charge is 2.22. The van der Waals surface area contributed by atoms with E-state index in [2.05, 4.69) is 4.72 Å². The van der Waals surface area contributed by atoms with Crippen LogP contribution in [0.2, 0.25) is 5.02 Å². The van der Waals surface area contributed by atoms with E-state index < -0.39 is 16.0 Å². The van der Waals surface area contributed by atoms with Crippen LogP contribution in [0.15, 0.2) is 46.7 Å². The number of ether oxygens (including phenoxy) is 1. The van der Waals surface area contributed by atoms with Gasteiger partial charge in [-0.15, -0.1) is 11.3 Å². The Hall–Kier alpha value is -2.09. The summed E-state index contributed by atoms with van der Waals surface area (Å²) in [6.45, 7) is 3.97. The molecule has 1 heterocycles. The lowest BCUT2D eigenvalue weighted by Gasteiger charge is -2.09. The van der Waals surface area contributed by atoms with Crippen LogP contribution in [0.25, 0.3) is 10.1 Å². The van der Waals surface area contributed by atoms with Crippen molar-refractivity contribution in [3.63, 3.8) is 0 Å². The molecule has 1 aromatic heterocycles. The van der Waals surface area contributed by atoms with Crippen LogP contribution in [0.1, 0.15) is 29.3 Å². The molecular weight excluding hydrogens is 406 g/mol. The van der Waals surface area contributed by atoms with Crippen molar-refractivity contribution in [2.45, 2.75) is 24.5 Å². The molecule has 0 spiro atoms. The first kappa shape index (κ1) is 19.7. The van der Waals surface area contributed by atoms with E-state index in [9.17, 15) is 13.2 Å². The van der Waals surface area contributed by atoms with Crippen LogP contribution < -0.4 is 4.72 Å². The smallest absolute Gasteiger partial charge is 0.338 e. The molecule has 0 radical (unpaired) electrons. The maximum Gasteiger partial charge on any atom is 0.338 e. The average Bonchev–Trinajstić information content (AvgIpc) is 2.96. The number of thiophene rings is 1. The number of esters is 1. The highest BCUT2D eigenvalue weighted by atomic mass is 35.5. The molecular formula is C19H18ClNO4S2. The SMILES string of the molecule is CCCOC(=O)c1cccc(NS(=O)(=O)c2sc3ccc(Cl)cc3c2C)c1. The van der Waals surface area contributed by atoms with Gasteiger partial charge in [-0.25, -0.2) is 13.2 Å². The molecule has 0 bridgehead atoms. The van der Waals surface area contributed by atoms with E-state index in [1.54, 1.807) is 43.3 Å². The Morgan fingerprint density at radius 1 is 1.22 bits per heavy atom. The van der Waals surface area contributed by atoms with Crippen molar-refractivity contribution in [1.29, 1.82) is 0 Å². The van der Waals surface area contributed by atoms with Crippen LogP contribution in [0.4, 0.5) is 5.69 Å². The third-order valence-electron chi connectivity index (χ3n) is 3.89. The predicted molar refractivity (Wildman–Crippen MR) is 109 cm³/mol. The Labute approximate surface area is 167 Å². The first-order valence-electron chi connectivity index (χ1n) is 8.30. The molecule has 2 aromatic carbocycles.